The van der Waals surface area contributed by atoms with E-state index in [9.17, 15) is 14.4 Å². The highest BCUT2D eigenvalue weighted by Crippen LogP contribution is 2.52. The first kappa shape index (κ1) is 19.5. The molecule has 3 heterocycles. The van der Waals surface area contributed by atoms with Crippen molar-refractivity contribution < 1.29 is 19.1 Å². The van der Waals surface area contributed by atoms with E-state index in [0.29, 0.717) is 24.5 Å². The van der Waals surface area contributed by atoms with Crippen molar-refractivity contribution in [1.29, 1.82) is 0 Å². The first-order valence-electron chi connectivity index (χ1n) is 10.3. The summed E-state index contributed by atoms with van der Waals surface area (Å²) >= 11 is 0. The molecular formula is C24H23N3O4. The van der Waals surface area contributed by atoms with Gasteiger partial charge in [-0.1, -0.05) is 42.5 Å². The number of hydrogen-bond donors (Lipinski definition) is 2. The topological polar surface area (TPSA) is 87.7 Å². The molecule has 3 amide bonds. The molecule has 0 aliphatic carbocycles. The van der Waals surface area contributed by atoms with Gasteiger partial charge in [-0.25, -0.2) is 0 Å². The first-order chi connectivity index (χ1) is 15.0. The van der Waals surface area contributed by atoms with E-state index >= 15 is 0 Å². The molecule has 1 unspecified atom stereocenters. The molecule has 31 heavy (non-hydrogen) atoms. The summed E-state index contributed by atoms with van der Waals surface area (Å²) in [6, 6.07) is 16.8. The van der Waals surface area contributed by atoms with E-state index in [-0.39, 0.29) is 23.8 Å². The zero-order valence-electron chi connectivity index (χ0n) is 17.1. The number of rotatable bonds is 5. The number of ether oxygens (including phenoxy) is 1. The molecule has 2 bridgehead atoms. The summed E-state index contributed by atoms with van der Waals surface area (Å²) in [5, 5.41) is 5.69. The normalized spacial score (nSPS) is 28.0. The Kier molecular flexibility index (Phi) is 4.63. The molecular weight excluding hydrogens is 394 g/mol. The molecule has 0 aromatic heterocycles. The summed E-state index contributed by atoms with van der Waals surface area (Å²) in [4.78, 5) is 39.3. The zero-order chi connectivity index (χ0) is 21.6. The van der Waals surface area contributed by atoms with E-state index in [2.05, 4.69) is 10.6 Å². The van der Waals surface area contributed by atoms with Gasteiger partial charge in [0.05, 0.1) is 24.5 Å². The third kappa shape index (κ3) is 3.31. The molecule has 1 spiro atoms. The van der Waals surface area contributed by atoms with Crippen LogP contribution in [-0.4, -0.2) is 36.0 Å². The van der Waals surface area contributed by atoms with Crippen LogP contribution >= 0.6 is 0 Å². The van der Waals surface area contributed by atoms with E-state index in [1.807, 2.05) is 42.5 Å². The van der Waals surface area contributed by atoms with Crippen LogP contribution in [0.2, 0.25) is 0 Å². The molecule has 2 saturated heterocycles. The van der Waals surface area contributed by atoms with Gasteiger partial charge < -0.3 is 20.3 Å². The molecule has 2 aromatic carbocycles. The molecule has 158 valence electrons. The summed E-state index contributed by atoms with van der Waals surface area (Å²) < 4.78 is 6.18. The largest absolute Gasteiger partial charge is 0.360 e. The Morgan fingerprint density at radius 1 is 1.13 bits per heavy atom. The van der Waals surface area contributed by atoms with Gasteiger partial charge in [0, 0.05) is 24.8 Å². The van der Waals surface area contributed by atoms with E-state index in [0.717, 1.165) is 5.56 Å². The molecule has 7 nitrogen and oxygen atoms in total. The second kappa shape index (κ2) is 7.35. The molecule has 5 rings (SSSR count). The Bertz CT molecular complexity index is 1070. The number of nitrogens with zero attached hydrogens (tertiary/aromatic N) is 1. The smallest absolute Gasteiger partial charge is 0.234 e. The van der Waals surface area contributed by atoms with Crippen LogP contribution in [0.25, 0.3) is 0 Å². The lowest BCUT2D eigenvalue weighted by Crippen LogP contribution is -2.43. The summed E-state index contributed by atoms with van der Waals surface area (Å²) in [5.74, 6) is -1.53. The first-order valence-corrected chi connectivity index (χ1v) is 10.3. The van der Waals surface area contributed by atoms with Gasteiger partial charge in [-0.2, -0.15) is 0 Å². The Morgan fingerprint density at radius 2 is 1.87 bits per heavy atom. The standard InChI is InChI=1S/C24H23N3O4/c1-15(28)26-17-7-9-18(10-8-17)27-14-24-12-11-19(31-24)20(21(24)23(27)30)22(29)25-13-16-5-3-2-4-6-16/h2-12,19-21H,13-14H2,1H3,(H,25,29)(H,26,28)/t19-,20?,21+,24-/m0/s1. The number of nitrogens with one attached hydrogen (secondary N) is 2. The lowest BCUT2D eigenvalue weighted by atomic mass is 9.77. The molecule has 2 N–H and O–H groups in total. The maximum Gasteiger partial charge on any atom is 0.234 e. The molecule has 4 atom stereocenters. The highest BCUT2D eigenvalue weighted by molar-refractivity contribution is 6.03. The van der Waals surface area contributed by atoms with Crippen molar-refractivity contribution in [3.05, 3.63) is 72.3 Å². The predicted octanol–water partition coefficient (Wildman–Crippen LogP) is 2.25. The lowest BCUT2D eigenvalue weighted by Gasteiger charge is -2.23. The highest BCUT2D eigenvalue weighted by Gasteiger charge is 2.67. The van der Waals surface area contributed by atoms with Gasteiger partial charge in [-0.15, -0.1) is 0 Å². The molecule has 2 fully saturated rings. The van der Waals surface area contributed by atoms with Crippen LogP contribution < -0.4 is 15.5 Å². The number of hydrogen-bond acceptors (Lipinski definition) is 4. The molecule has 7 heteroatoms. The summed E-state index contributed by atoms with van der Waals surface area (Å²) in [7, 11) is 0. The quantitative estimate of drug-likeness (QED) is 0.731. The van der Waals surface area contributed by atoms with Crippen molar-refractivity contribution in [1.82, 2.24) is 5.32 Å². The minimum Gasteiger partial charge on any atom is -0.360 e. The molecule has 0 saturated carbocycles. The van der Waals surface area contributed by atoms with Crippen molar-refractivity contribution in [2.75, 3.05) is 16.8 Å². The number of amides is 3. The van der Waals surface area contributed by atoms with Gasteiger partial charge >= 0.3 is 0 Å². The number of benzene rings is 2. The zero-order valence-corrected chi connectivity index (χ0v) is 17.1. The van der Waals surface area contributed by atoms with Gasteiger partial charge in [-0.3, -0.25) is 14.4 Å². The van der Waals surface area contributed by atoms with Crippen LogP contribution in [0.3, 0.4) is 0 Å². The van der Waals surface area contributed by atoms with Gasteiger partial charge in [-0.05, 0) is 29.8 Å². The van der Waals surface area contributed by atoms with Crippen molar-refractivity contribution in [3.8, 4) is 0 Å². The monoisotopic (exact) mass is 417 g/mol. The van der Waals surface area contributed by atoms with Gasteiger partial charge in [0.2, 0.25) is 17.7 Å². The summed E-state index contributed by atoms with van der Waals surface area (Å²) in [6.07, 6.45) is 3.46. The Morgan fingerprint density at radius 3 is 2.58 bits per heavy atom. The average Bonchev–Trinajstić information content (AvgIpc) is 3.41. The second-order valence-corrected chi connectivity index (χ2v) is 8.26. The SMILES string of the molecule is CC(=O)Nc1ccc(N2C[C@]34C=C[C@H](O3)C(C(=O)NCc3ccccc3)[C@@H]4C2=O)cc1. The number of carbonyl (C=O) groups is 3. The summed E-state index contributed by atoms with van der Waals surface area (Å²) in [5.41, 5.74) is 1.61. The maximum absolute atomic E-state index is 13.4. The number of carbonyl (C=O) groups excluding carboxylic acids is 3. The van der Waals surface area contributed by atoms with Crippen molar-refractivity contribution in [2.45, 2.75) is 25.2 Å². The van der Waals surface area contributed by atoms with Crippen molar-refractivity contribution >= 4 is 29.1 Å². The molecule has 0 radical (unpaired) electrons. The molecule has 2 aromatic rings. The van der Waals surface area contributed by atoms with Crippen LogP contribution in [0, 0.1) is 11.8 Å². The average molecular weight is 417 g/mol. The minimum atomic E-state index is -0.771. The van der Waals surface area contributed by atoms with Crippen molar-refractivity contribution in [3.63, 3.8) is 0 Å². The maximum atomic E-state index is 13.4. The van der Waals surface area contributed by atoms with Gasteiger partial charge in [0.25, 0.3) is 0 Å². The fourth-order valence-corrected chi connectivity index (χ4v) is 4.85. The summed E-state index contributed by atoms with van der Waals surface area (Å²) in [6.45, 7) is 2.22. The fourth-order valence-electron chi connectivity index (χ4n) is 4.85. The Hall–Kier alpha value is -3.45. The van der Waals surface area contributed by atoms with E-state index in [1.165, 1.54) is 6.92 Å². The lowest BCUT2D eigenvalue weighted by molar-refractivity contribution is -0.132. The number of anilines is 2. The molecule has 3 aliphatic heterocycles. The predicted molar refractivity (Wildman–Crippen MR) is 115 cm³/mol. The van der Waals surface area contributed by atoms with Crippen LogP contribution in [-0.2, 0) is 25.7 Å². The number of fused-ring (bicyclic) bond motifs is 1. The Labute approximate surface area is 180 Å². The van der Waals surface area contributed by atoms with E-state index in [4.69, 9.17) is 4.74 Å². The van der Waals surface area contributed by atoms with Crippen molar-refractivity contribution in [2.24, 2.45) is 11.8 Å². The van der Waals surface area contributed by atoms with Crippen LogP contribution in [0.5, 0.6) is 0 Å². The highest BCUT2D eigenvalue weighted by atomic mass is 16.5. The van der Waals surface area contributed by atoms with Crippen LogP contribution in [0.15, 0.2) is 66.7 Å². The van der Waals surface area contributed by atoms with Gasteiger partial charge in [0.1, 0.15) is 5.60 Å². The molecule has 3 aliphatic rings. The van der Waals surface area contributed by atoms with E-state index < -0.39 is 17.4 Å². The Balaban J connectivity index is 1.34. The minimum absolute atomic E-state index is 0.112. The van der Waals surface area contributed by atoms with E-state index in [1.54, 1.807) is 29.2 Å². The third-order valence-corrected chi connectivity index (χ3v) is 6.21. The van der Waals surface area contributed by atoms with Crippen LogP contribution in [0.1, 0.15) is 12.5 Å². The third-order valence-electron chi connectivity index (χ3n) is 6.21. The van der Waals surface area contributed by atoms with Crippen LogP contribution in [0.4, 0.5) is 11.4 Å². The second-order valence-electron chi connectivity index (χ2n) is 8.26. The van der Waals surface area contributed by atoms with Gasteiger partial charge in [0.15, 0.2) is 0 Å². The fraction of sp³-hybridized carbons (Fsp3) is 0.292.